The molecule has 0 spiro atoms. The number of nitrogens with zero attached hydrogens (tertiary/aromatic N) is 1. The molecule has 1 heterocycles. The lowest BCUT2D eigenvalue weighted by Gasteiger charge is -2.36. The Kier molecular flexibility index (Phi) is 4.12. The average molecular weight is 249 g/mol. The fraction of sp³-hybridized carbons (Fsp3) is 0.600. The summed E-state index contributed by atoms with van der Waals surface area (Å²) in [5.74, 6) is 1.86. The number of phenolic OH excluding ortho intramolecular Hbond substituents is 1. The third-order valence-corrected chi connectivity index (χ3v) is 3.94. The van der Waals surface area contributed by atoms with Gasteiger partial charge in [-0.1, -0.05) is 13.0 Å². The number of hydrogen-bond donors (Lipinski definition) is 1. The summed E-state index contributed by atoms with van der Waals surface area (Å²) >= 11 is 0. The van der Waals surface area contributed by atoms with E-state index in [1.807, 2.05) is 12.1 Å². The quantitative estimate of drug-likeness (QED) is 0.893. The van der Waals surface area contributed by atoms with Gasteiger partial charge in [0.1, 0.15) is 11.5 Å². The molecule has 0 radical (unpaired) electrons. The van der Waals surface area contributed by atoms with Crippen LogP contribution in [0, 0.1) is 5.92 Å². The Hall–Kier alpha value is -1.22. The maximum atomic E-state index is 9.98. The maximum Gasteiger partial charge on any atom is 0.123 e. The summed E-state index contributed by atoms with van der Waals surface area (Å²) in [6.45, 7) is 6.53. The van der Waals surface area contributed by atoms with Crippen molar-refractivity contribution in [2.45, 2.75) is 39.3 Å². The third-order valence-electron chi connectivity index (χ3n) is 3.94. The Morgan fingerprint density at radius 1 is 1.39 bits per heavy atom. The summed E-state index contributed by atoms with van der Waals surface area (Å²) in [6, 6.07) is 6.15. The molecule has 3 nitrogen and oxygen atoms in total. The number of likely N-dealkylation sites (tertiary alicyclic amines) is 1. The third kappa shape index (κ3) is 2.96. The molecule has 1 N–H and O–H groups in total. The molecule has 0 saturated carbocycles. The fourth-order valence-electron chi connectivity index (χ4n) is 2.71. The van der Waals surface area contributed by atoms with E-state index >= 15 is 0 Å². The molecular weight excluding hydrogens is 226 g/mol. The monoisotopic (exact) mass is 249 g/mol. The predicted molar refractivity (Wildman–Crippen MR) is 72.9 cm³/mol. The van der Waals surface area contributed by atoms with Gasteiger partial charge in [-0.2, -0.15) is 0 Å². The summed E-state index contributed by atoms with van der Waals surface area (Å²) in [5, 5.41) is 9.98. The largest absolute Gasteiger partial charge is 0.507 e. The highest BCUT2D eigenvalue weighted by Gasteiger charge is 2.23. The van der Waals surface area contributed by atoms with Crippen LogP contribution in [0.3, 0.4) is 0 Å². The van der Waals surface area contributed by atoms with Crippen LogP contribution in [-0.4, -0.2) is 29.7 Å². The van der Waals surface area contributed by atoms with Gasteiger partial charge in [-0.25, -0.2) is 0 Å². The number of aromatic hydroxyl groups is 1. The number of rotatable bonds is 3. The number of phenols is 1. The first-order valence-corrected chi connectivity index (χ1v) is 6.70. The Labute approximate surface area is 109 Å². The van der Waals surface area contributed by atoms with Crippen LogP contribution in [0.5, 0.6) is 11.5 Å². The second kappa shape index (κ2) is 5.61. The van der Waals surface area contributed by atoms with Gasteiger partial charge in [-0.05, 0) is 38.3 Å². The zero-order valence-electron chi connectivity index (χ0n) is 11.5. The van der Waals surface area contributed by atoms with Gasteiger partial charge in [0.05, 0.1) is 7.11 Å². The molecule has 1 aromatic rings. The van der Waals surface area contributed by atoms with Gasteiger partial charge >= 0.3 is 0 Å². The lowest BCUT2D eigenvalue weighted by molar-refractivity contribution is 0.121. The average Bonchev–Trinajstić information content (AvgIpc) is 2.34. The molecule has 0 aromatic heterocycles. The second-order valence-electron chi connectivity index (χ2n) is 5.44. The van der Waals surface area contributed by atoms with E-state index in [0.717, 1.165) is 24.6 Å². The topological polar surface area (TPSA) is 32.7 Å². The Balaban J connectivity index is 2.05. The molecule has 0 aliphatic carbocycles. The highest BCUT2D eigenvalue weighted by atomic mass is 16.5. The summed E-state index contributed by atoms with van der Waals surface area (Å²) in [7, 11) is 1.61. The van der Waals surface area contributed by atoms with Gasteiger partial charge in [-0.3, -0.25) is 4.90 Å². The van der Waals surface area contributed by atoms with E-state index in [2.05, 4.69) is 18.7 Å². The van der Waals surface area contributed by atoms with Crippen molar-refractivity contribution in [3.8, 4) is 11.5 Å². The standard InChI is InChI=1S/C15H23NO2/c1-11-6-7-16(12(2)8-11)10-13-4-5-14(18-3)9-15(13)17/h4-5,9,11-12,17H,6-8,10H2,1-3H3. The highest BCUT2D eigenvalue weighted by molar-refractivity contribution is 5.39. The van der Waals surface area contributed by atoms with Crippen molar-refractivity contribution in [2.24, 2.45) is 5.92 Å². The summed E-state index contributed by atoms with van der Waals surface area (Å²) in [5.41, 5.74) is 0.984. The summed E-state index contributed by atoms with van der Waals surface area (Å²) < 4.78 is 5.10. The molecule has 1 aromatic carbocycles. The summed E-state index contributed by atoms with van der Waals surface area (Å²) in [6.07, 6.45) is 2.50. The first-order chi connectivity index (χ1) is 8.60. The van der Waals surface area contributed by atoms with Crippen molar-refractivity contribution in [3.05, 3.63) is 23.8 Å². The molecule has 1 aliphatic rings. The maximum absolute atomic E-state index is 9.98. The molecule has 1 saturated heterocycles. The fourth-order valence-corrected chi connectivity index (χ4v) is 2.71. The van der Waals surface area contributed by atoms with E-state index in [1.54, 1.807) is 13.2 Å². The van der Waals surface area contributed by atoms with Crippen molar-refractivity contribution in [2.75, 3.05) is 13.7 Å². The predicted octanol–water partition coefficient (Wildman–Crippen LogP) is 3.02. The van der Waals surface area contributed by atoms with E-state index in [0.29, 0.717) is 17.5 Å². The van der Waals surface area contributed by atoms with Gasteiger partial charge in [0, 0.05) is 24.2 Å². The first kappa shape index (κ1) is 13.2. The molecule has 1 fully saturated rings. The molecule has 3 heteroatoms. The van der Waals surface area contributed by atoms with E-state index < -0.39 is 0 Å². The molecular formula is C15H23NO2. The molecule has 1 aliphatic heterocycles. The normalized spacial score (nSPS) is 25.1. The van der Waals surface area contributed by atoms with Gasteiger partial charge in [0.25, 0.3) is 0 Å². The van der Waals surface area contributed by atoms with E-state index in [9.17, 15) is 5.11 Å². The van der Waals surface area contributed by atoms with E-state index in [1.165, 1.54) is 12.8 Å². The van der Waals surface area contributed by atoms with Crippen LogP contribution in [0.25, 0.3) is 0 Å². The second-order valence-corrected chi connectivity index (χ2v) is 5.44. The van der Waals surface area contributed by atoms with Crippen LogP contribution < -0.4 is 4.74 Å². The van der Waals surface area contributed by atoms with Gasteiger partial charge in [-0.15, -0.1) is 0 Å². The Bertz CT molecular complexity index is 405. The molecule has 0 amide bonds. The minimum Gasteiger partial charge on any atom is -0.507 e. The number of hydrogen-bond acceptors (Lipinski definition) is 3. The Morgan fingerprint density at radius 2 is 2.17 bits per heavy atom. The van der Waals surface area contributed by atoms with Crippen LogP contribution in [0.2, 0.25) is 0 Å². The minimum absolute atomic E-state index is 0.333. The molecule has 100 valence electrons. The van der Waals surface area contributed by atoms with E-state index in [-0.39, 0.29) is 0 Å². The lowest BCUT2D eigenvalue weighted by atomic mass is 9.93. The zero-order chi connectivity index (χ0) is 13.1. The van der Waals surface area contributed by atoms with Gasteiger partial charge < -0.3 is 9.84 Å². The van der Waals surface area contributed by atoms with Crippen molar-refractivity contribution in [3.63, 3.8) is 0 Å². The Morgan fingerprint density at radius 3 is 2.78 bits per heavy atom. The lowest BCUT2D eigenvalue weighted by Crippen LogP contribution is -2.39. The molecule has 2 unspecified atom stereocenters. The van der Waals surface area contributed by atoms with Gasteiger partial charge in [0.15, 0.2) is 0 Å². The summed E-state index contributed by atoms with van der Waals surface area (Å²) in [4.78, 5) is 2.45. The van der Waals surface area contributed by atoms with Crippen molar-refractivity contribution < 1.29 is 9.84 Å². The van der Waals surface area contributed by atoms with Crippen molar-refractivity contribution in [1.82, 2.24) is 4.90 Å². The molecule has 2 rings (SSSR count). The first-order valence-electron chi connectivity index (χ1n) is 6.70. The van der Waals surface area contributed by atoms with Crippen LogP contribution in [0.1, 0.15) is 32.3 Å². The molecule has 0 bridgehead atoms. The van der Waals surface area contributed by atoms with Crippen LogP contribution >= 0.6 is 0 Å². The van der Waals surface area contributed by atoms with Crippen LogP contribution in [0.4, 0.5) is 0 Å². The molecule has 2 atom stereocenters. The number of benzene rings is 1. The van der Waals surface area contributed by atoms with E-state index in [4.69, 9.17) is 4.74 Å². The SMILES string of the molecule is COc1ccc(CN2CCC(C)CC2C)c(O)c1. The highest BCUT2D eigenvalue weighted by Crippen LogP contribution is 2.28. The number of methoxy groups -OCH3 is 1. The zero-order valence-corrected chi connectivity index (χ0v) is 11.5. The van der Waals surface area contributed by atoms with Crippen LogP contribution in [0.15, 0.2) is 18.2 Å². The number of piperidine rings is 1. The van der Waals surface area contributed by atoms with Crippen molar-refractivity contribution >= 4 is 0 Å². The molecule has 18 heavy (non-hydrogen) atoms. The van der Waals surface area contributed by atoms with Crippen LogP contribution in [-0.2, 0) is 6.54 Å². The van der Waals surface area contributed by atoms with Gasteiger partial charge in [0.2, 0.25) is 0 Å². The number of ether oxygens (including phenoxy) is 1. The smallest absolute Gasteiger partial charge is 0.123 e. The minimum atomic E-state index is 0.333. The van der Waals surface area contributed by atoms with Crippen molar-refractivity contribution in [1.29, 1.82) is 0 Å².